The summed E-state index contributed by atoms with van der Waals surface area (Å²) in [6.45, 7) is 0. The molecule has 1 heterocycles. The van der Waals surface area contributed by atoms with Crippen molar-refractivity contribution in [3.8, 4) is 5.75 Å². The van der Waals surface area contributed by atoms with Crippen molar-refractivity contribution in [1.29, 1.82) is 0 Å². The highest BCUT2D eigenvalue weighted by Gasteiger charge is 2.38. The molecule has 2 aromatic rings. The molecule has 0 saturated heterocycles. The van der Waals surface area contributed by atoms with Crippen molar-refractivity contribution in [2.45, 2.75) is 57.3 Å². The van der Waals surface area contributed by atoms with Crippen molar-refractivity contribution in [1.82, 2.24) is 0 Å². The lowest BCUT2D eigenvalue weighted by Gasteiger charge is -2.21. The maximum atomic E-state index is 13.0. The van der Waals surface area contributed by atoms with E-state index in [2.05, 4.69) is 4.72 Å². The first-order valence-corrected chi connectivity index (χ1v) is 11.4. The summed E-state index contributed by atoms with van der Waals surface area (Å²) in [5, 5.41) is 11.1. The predicted octanol–water partition coefficient (Wildman–Crippen LogP) is 4.18. The summed E-state index contributed by atoms with van der Waals surface area (Å²) in [5.74, 6) is 0.823. The molecule has 0 spiro atoms. The van der Waals surface area contributed by atoms with Crippen LogP contribution in [0.3, 0.4) is 0 Å². The first-order valence-electron chi connectivity index (χ1n) is 10.3. The van der Waals surface area contributed by atoms with Gasteiger partial charge in [0.1, 0.15) is 11.5 Å². The quantitative estimate of drug-likeness (QED) is 0.736. The monoisotopic (exact) mass is 417 g/mol. The fraction of sp³-hybridized carbons (Fsp3) is 0.500. The van der Waals surface area contributed by atoms with Gasteiger partial charge in [0.05, 0.1) is 12.7 Å². The standard InChI is InChI=1S/C22H27NO5S/c1-27-29(26)23-16-8-6-7-15(13-16)19(14-11-12-14)20-21(24)17-9-4-2-3-5-10-18(17)28-22(20)25/h6-8,13-14,19,23-24H,2-5,9-12H2,1H3. The van der Waals surface area contributed by atoms with Gasteiger partial charge in [0.25, 0.3) is 11.3 Å². The average Bonchev–Trinajstić information content (AvgIpc) is 3.51. The Labute approximate surface area is 173 Å². The third-order valence-corrected chi connectivity index (χ3v) is 6.60. The van der Waals surface area contributed by atoms with Crippen molar-refractivity contribution in [2.24, 2.45) is 5.92 Å². The summed E-state index contributed by atoms with van der Waals surface area (Å²) in [6, 6.07) is 7.47. The van der Waals surface area contributed by atoms with Gasteiger partial charge in [0.2, 0.25) is 0 Å². The molecule has 1 saturated carbocycles. The molecule has 4 rings (SSSR count). The van der Waals surface area contributed by atoms with Gasteiger partial charge >= 0.3 is 5.63 Å². The van der Waals surface area contributed by atoms with Crippen LogP contribution in [0, 0.1) is 5.92 Å². The van der Waals surface area contributed by atoms with E-state index >= 15 is 0 Å². The maximum absolute atomic E-state index is 13.0. The van der Waals surface area contributed by atoms with E-state index in [4.69, 9.17) is 8.60 Å². The average molecular weight is 418 g/mol. The second kappa shape index (κ2) is 8.71. The van der Waals surface area contributed by atoms with Crippen LogP contribution in [0.15, 0.2) is 33.5 Å². The van der Waals surface area contributed by atoms with Crippen molar-refractivity contribution >= 4 is 17.0 Å². The molecule has 1 aromatic heterocycles. The lowest BCUT2D eigenvalue weighted by atomic mass is 9.85. The molecular weight excluding hydrogens is 390 g/mol. The number of hydrogen-bond acceptors (Lipinski definition) is 5. The molecule has 29 heavy (non-hydrogen) atoms. The zero-order valence-electron chi connectivity index (χ0n) is 16.6. The maximum Gasteiger partial charge on any atom is 0.343 e. The molecule has 156 valence electrons. The Kier molecular flexibility index (Phi) is 6.06. The van der Waals surface area contributed by atoms with Crippen LogP contribution in [0.2, 0.25) is 0 Å². The van der Waals surface area contributed by atoms with Crippen LogP contribution in [-0.2, 0) is 28.3 Å². The van der Waals surface area contributed by atoms with E-state index in [9.17, 15) is 14.1 Å². The van der Waals surface area contributed by atoms with Crippen LogP contribution in [-0.4, -0.2) is 16.4 Å². The van der Waals surface area contributed by atoms with Crippen molar-refractivity contribution in [3.05, 3.63) is 57.1 Å². The summed E-state index contributed by atoms with van der Waals surface area (Å²) in [7, 11) is 1.36. The molecule has 2 atom stereocenters. The molecule has 1 aromatic carbocycles. The highest BCUT2D eigenvalue weighted by Crippen LogP contribution is 2.49. The number of rotatable bonds is 6. The van der Waals surface area contributed by atoms with Crippen molar-refractivity contribution in [2.75, 3.05) is 11.8 Å². The van der Waals surface area contributed by atoms with E-state index in [1.54, 1.807) is 6.07 Å². The van der Waals surface area contributed by atoms with Crippen LogP contribution in [0.1, 0.15) is 66.9 Å². The molecule has 2 N–H and O–H groups in total. The number of nitrogens with one attached hydrogen (secondary N) is 1. The topological polar surface area (TPSA) is 88.8 Å². The summed E-state index contributed by atoms with van der Waals surface area (Å²) < 4.78 is 25.0. The highest BCUT2D eigenvalue weighted by molar-refractivity contribution is 7.81. The smallest absolute Gasteiger partial charge is 0.343 e. The summed E-state index contributed by atoms with van der Waals surface area (Å²) in [4.78, 5) is 13.0. The highest BCUT2D eigenvalue weighted by atomic mass is 32.2. The number of hydrogen-bond donors (Lipinski definition) is 2. The first kappa shape index (κ1) is 20.2. The van der Waals surface area contributed by atoms with E-state index in [1.165, 1.54) is 7.11 Å². The Morgan fingerprint density at radius 1 is 1.21 bits per heavy atom. The molecule has 0 amide bonds. The van der Waals surface area contributed by atoms with Gasteiger partial charge in [0, 0.05) is 23.6 Å². The van der Waals surface area contributed by atoms with Gasteiger partial charge in [-0.25, -0.2) is 9.00 Å². The van der Waals surface area contributed by atoms with Gasteiger partial charge in [-0.3, -0.25) is 8.91 Å². The largest absolute Gasteiger partial charge is 0.507 e. The van der Waals surface area contributed by atoms with Gasteiger partial charge in [-0.15, -0.1) is 0 Å². The summed E-state index contributed by atoms with van der Waals surface area (Å²) in [6.07, 6.45) is 7.67. The third kappa shape index (κ3) is 4.41. The zero-order valence-corrected chi connectivity index (χ0v) is 17.4. The Morgan fingerprint density at radius 3 is 2.69 bits per heavy atom. The lowest BCUT2D eigenvalue weighted by molar-refractivity contribution is 0.382. The van der Waals surface area contributed by atoms with Crippen LogP contribution in [0.4, 0.5) is 5.69 Å². The predicted molar refractivity (Wildman–Crippen MR) is 112 cm³/mol. The molecule has 0 bridgehead atoms. The molecule has 6 nitrogen and oxygen atoms in total. The molecule has 0 radical (unpaired) electrons. The normalized spacial score (nSPS) is 18.9. The van der Waals surface area contributed by atoms with E-state index in [0.29, 0.717) is 29.3 Å². The second-order valence-electron chi connectivity index (χ2n) is 7.91. The Morgan fingerprint density at radius 2 is 1.97 bits per heavy atom. The summed E-state index contributed by atoms with van der Waals surface area (Å²) >= 11 is -1.63. The zero-order chi connectivity index (χ0) is 20.4. The van der Waals surface area contributed by atoms with E-state index < -0.39 is 16.9 Å². The van der Waals surface area contributed by atoms with E-state index in [-0.39, 0.29) is 11.7 Å². The minimum absolute atomic E-state index is 0.119. The second-order valence-corrected chi connectivity index (χ2v) is 8.92. The van der Waals surface area contributed by atoms with Crippen LogP contribution < -0.4 is 10.3 Å². The number of aromatic hydroxyl groups is 1. The minimum atomic E-state index is -1.63. The van der Waals surface area contributed by atoms with Gasteiger partial charge in [-0.1, -0.05) is 25.0 Å². The number of anilines is 1. The SMILES string of the molecule is COS(=O)Nc1cccc(C(c2c(O)c3c(oc2=O)CCCCCC3)C2CC2)c1. The van der Waals surface area contributed by atoms with Gasteiger partial charge < -0.3 is 9.52 Å². The number of benzene rings is 1. The summed E-state index contributed by atoms with van der Waals surface area (Å²) in [5.41, 5.74) is 2.29. The first-order chi connectivity index (χ1) is 14.1. The molecular formula is C22H27NO5S. The minimum Gasteiger partial charge on any atom is -0.507 e. The van der Waals surface area contributed by atoms with E-state index in [1.807, 2.05) is 18.2 Å². The Hall–Kier alpha value is -2.12. The molecule has 1 fully saturated rings. The Balaban J connectivity index is 1.77. The van der Waals surface area contributed by atoms with Crippen LogP contribution in [0.5, 0.6) is 5.75 Å². The fourth-order valence-corrected chi connectivity index (χ4v) is 4.73. The molecule has 0 aliphatic heterocycles. The third-order valence-electron chi connectivity index (χ3n) is 5.90. The Bertz CT molecular complexity index is 966. The molecule has 2 aliphatic rings. The van der Waals surface area contributed by atoms with Gasteiger partial charge in [-0.05, 0) is 55.7 Å². The molecule has 2 aliphatic carbocycles. The van der Waals surface area contributed by atoms with Crippen molar-refractivity contribution < 1.29 is 17.9 Å². The van der Waals surface area contributed by atoms with Crippen LogP contribution >= 0.6 is 0 Å². The van der Waals surface area contributed by atoms with Gasteiger partial charge in [0.15, 0.2) is 0 Å². The lowest BCUT2D eigenvalue weighted by Crippen LogP contribution is -2.19. The molecule has 2 unspecified atom stereocenters. The van der Waals surface area contributed by atoms with Crippen molar-refractivity contribution in [3.63, 3.8) is 0 Å². The number of aryl methyl sites for hydroxylation is 1. The van der Waals surface area contributed by atoms with E-state index in [0.717, 1.165) is 56.1 Å². The number of fused-ring (bicyclic) bond motifs is 1. The van der Waals surface area contributed by atoms with Crippen LogP contribution in [0.25, 0.3) is 0 Å². The fourth-order valence-electron chi connectivity index (χ4n) is 4.33. The van der Waals surface area contributed by atoms with Gasteiger partial charge in [-0.2, -0.15) is 0 Å². The molecule has 7 heteroatoms.